The van der Waals surface area contributed by atoms with E-state index in [9.17, 15) is 0 Å². The third-order valence-corrected chi connectivity index (χ3v) is 3.78. The van der Waals surface area contributed by atoms with Gasteiger partial charge in [-0.3, -0.25) is 4.90 Å². The van der Waals surface area contributed by atoms with Crippen LogP contribution in [0.3, 0.4) is 0 Å². The van der Waals surface area contributed by atoms with E-state index in [1.165, 1.54) is 6.42 Å². The molecule has 1 saturated heterocycles. The Hall–Kier alpha value is -0.480. The molecule has 5 heteroatoms. The fourth-order valence-electron chi connectivity index (χ4n) is 2.09. The highest BCUT2D eigenvalue weighted by Gasteiger charge is 2.18. The molecule has 3 nitrogen and oxygen atoms in total. The van der Waals surface area contributed by atoms with Crippen LogP contribution in [-0.2, 0) is 0 Å². The lowest BCUT2D eigenvalue weighted by atomic mass is 10.2. The highest BCUT2D eigenvalue weighted by Crippen LogP contribution is 2.27. The average molecular weight is 289 g/mol. The van der Waals surface area contributed by atoms with E-state index in [2.05, 4.69) is 17.3 Å². The summed E-state index contributed by atoms with van der Waals surface area (Å²) in [6.45, 7) is 3.71. The first-order valence-electron chi connectivity index (χ1n) is 6.15. The van der Waals surface area contributed by atoms with Crippen LogP contribution in [0.25, 0.3) is 0 Å². The van der Waals surface area contributed by atoms with Gasteiger partial charge in [0.15, 0.2) is 0 Å². The van der Waals surface area contributed by atoms with Crippen LogP contribution in [0.5, 0.6) is 5.75 Å². The molecule has 1 N–H and O–H groups in total. The molecule has 1 fully saturated rings. The fourth-order valence-corrected chi connectivity index (χ4v) is 2.55. The summed E-state index contributed by atoms with van der Waals surface area (Å²) in [6.07, 6.45) is 1.21. The number of rotatable bonds is 5. The van der Waals surface area contributed by atoms with E-state index in [4.69, 9.17) is 27.9 Å². The van der Waals surface area contributed by atoms with Gasteiger partial charge in [0, 0.05) is 24.2 Å². The Labute approximate surface area is 118 Å². The lowest BCUT2D eigenvalue weighted by molar-refractivity contribution is 0.199. The number of nitrogens with one attached hydrogen (secondary N) is 1. The summed E-state index contributed by atoms with van der Waals surface area (Å²) in [7, 11) is 2.13. The molecule has 0 bridgehead atoms. The van der Waals surface area contributed by atoms with Crippen molar-refractivity contribution in [2.24, 2.45) is 0 Å². The van der Waals surface area contributed by atoms with Gasteiger partial charge in [0.1, 0.15) is 12.4 Å². The number of benzene rings is 1. The number of nitrogens with zero attached hydrogens (tertiary/aromatic N) is 1. The van der Waals surface area contributed by atoms with Gasteiger partial charge in [0.05, 0.1) is 5.02 Å². The van der Waals surface area contributed by atoms with Crippen LogP contribution in [0.2, 0.25) is 10.0 Å². The Morgan fingerprint density at radius 1 is 1.44 bits per heavy atom. The van der Waals surface area contributed by atoms with Crippen LogP contribution in [0.15, 0.2) is 18.2 Å². The monoisotopic (exact) mass is 288 g/mol. The summed E-state index contributed by atoms with van der Waals surface area (Å²) < 4.78 is 5.67. The molecule has 100 valence electrons. The number of hydrogen-bond acceptors (Lipinski definition) is 3. The first kappa shape index (κ1) is 13.9. The zero-order valence-corrected chi connectivity index (χ0v) is 12.0. The van der Waals surface area contributed by atoms with Gasteiger partial charge >= 0.3 is 0 Å². The van der Waals surface area contributed by atoms with E-state index in [1.54, 1.807) is 12.1 Å². The van der Waals surface area contributed by atoms with E-state index in [0.29, 0.717) is 28.4 Å². The summed E-state index contributed by atoms with van der Waals surface area (Å²) in [4.78, 5) is 2.32. The molecule has 0 spiro atoms. The van der Waals surface area contributed by atoms with E-state index in [0.717, 1.165) is 19.6 Å². The minimum absolute atomic E-state index is 0.563. The van der Waals surface area contributed by atoms with Gasteiger partial charge in [-0.25, -0.2) is 0 Å². The molecule has 0 radical (unpaired) electrons. The minimum Gasteiger partial charge on any atom is -0.491 e. The highest BCUT2D eigenvalue weighted by atomic mass is 35.5. The van der Waals surface area contributed by atoms with Crippen LogP contribution in [-0.4, -0.2) is 44.2 Å². The zero-order chi connectivity index (χ0) is 13.0. The molecule has 1 atom stereocenters. The van der Waals surface area contributed by atoms with Crippen LogP contribution in [0, 0.1) is 0 Å². The van der Waals surface area contributed by atoms with Gasteiger partial charge in [-0.2, -0.15) is 0 Å². The molecule has 1 aliphatic rings. The maximum atomic E-state index is 6.04. The summed E-state index contributed by atoms with van der Waals surface area (Å²) in [5, 5.41) is 4.55. The molecular weight excluding hydrogens is 271 g/mol. The van der Waals surface area contributed by atoms with Crippen molar-refractivity contribution in [3.8, 4) is 5.75 Å². The maximum absolute atomic E-state index is 6.04. The minimum atomic E-state index is 0.563. The van der Waals surface area contributed by atoms with Crippen LogP contribution in [0.1, 0.15) is 6.42 Å². The second kappa shape index (κ2) is 6.62. The summed E-state index contributed by atoms with van der Waals surface area (Å²) in [5.74, 6) is 0.694. The molecule has 1 aromatic rings. The third kappa shape index (κ3) is 3.75. The maximum Gasteiger partial charge on any atom is 0.138 e. The molecule has 0 amide bonds. The van der Waals surface area contributed by atoms with Gasteiger partial charge in [-0.1, -0.05) is 23.2 Å². The Balaban J connectivity index is 1.77. The molecule has 0 aliphatic carbocycles. The van der Waals surface area contributed by atoms with E-state index < -0.39 is 0 Å². The summed E-state index contributed by atoms with van der Waals surface area (Å²) in [6, 6.07) is 5.91. The van der Waals surface area contributed by atoms with Crippen molar-refractivity contribution in [1.29, 1.82) is 0 Å². The van der Waals surface area contributed by atoms with Crippen molar-refractivity contribution in [3.63, 3.8) is 0 Å². The first-order valence-corrected chi connectivity index (χ1v) is 6.91. The van der Waals surface area contributed by atoms with Crippen molar-refractivity contribution < 1.29 is 4.74 Å². The molecule has 2 rings (SSSR count). The predicted octanol–water partition coefficient (Wildman–Crippen LogP) is 2.67. The second-order valence-electron chi connectivity index (χ2n) is 4.55. The summed E-state index contributed by atoms with van der Waals surface area (Å²) in [5.41, 5.74) is 0. The zero-order valence-electron chi connectivity index (χ0n) is 10.5. The summed E-state index contributed by atoms with van der Waals surface area (Å²) >= 11 is 11.9. The van der Waals surface area contributed by atoms with E-state index in [-0.39, 0.29) is 0 Å². The SMILES string of the molecule is CN(CCOc1ccc(Cl)cc1Cl)C1CCNC1. The van der Waals surface area contributed by atoms with Crippen molar-refractivity contribution in [2.45, 2.75) is 12.5 Å². The van der Waals surface area contributed by atoms with E-state index in [1.807, 2.05) is 6.07 Å². The smallest absolute Gasteiger partial charge is 0.138 e. The molecule has 0 saturated carbocycles. The topological polar surface area (TPSA) is 24.5 Å². The number of halogens is 2. The highest BCUT2D eigenvalue weighted by molar-refractivity contribution is 6.35. The quantitative estimate of drug-likeness (QED) is 0.902. The van der Waals surface area contributed by atoms with Crippen LogP contribution < -0.4 is 10.1 Å². The standard InChI is InChI=1S/C13H18Cl2N2O/c1-17(11-4-5-16-9-11)6-7-18-13-3-2-10(14)8-12(13)15/h2-3,8,11,16H,4-7,9H2,1H3. The third-order valence-electron chi connectivity index (χ3n) is 3.25. The van der Waals surface area contributed by atoms with Crippen molar-refractivity contribution in [1.82, 2.24) is 10.2 Å². The Morgan fingerprint density at radius 3 is 2.94 bits per heavy atom. The largest absolute Gasteiger partial charge is 0.491 e. The number of likely N-dealkylation sites (N-methyl/N-ethyl adjacent to an activating group) is 1. The molecule has 1 aromatic carbocycles. The van der Waals surface area contributed by atoms with Gasteiger partial charge in [-0.05, 0) is 38.2 Å². The molecule has 0 aromatic heterocycles. The van der Waals surface area contributed by atoms with Crippen LogP contribution >= 0.6 is 23.2 Å². The molecular formula is C13H18Cl2N2O. The van der Waals surface area contributed by atoms with Crippen molar-refractivity contribution >= 4 is 23.2 Å². The first-order chi connectivity index (χ1) is 8.66. The Kier molecular flexibility index (Phi) is 5.13. The van der Waals surface area contributed by atoms with Gasteiger partial charge in [-0.15, -0.1) is 0 Å². The second-order valence-corrected chi connectivity index (χ2v) is 5.39. The predicted molar refractivity (Wildman–Crippen MR) is 75.9 cm³/mol. The molecule has 1 unspecified atom stereocenters. The van der Waals surface area contributed by atoms with Crippen LogP contribution in [0.4, 0.5) is 0 Å². The van der Waals surface area contributed by atoms with Gasteiger partial charge in [0.2, 0.25) is 0 Å². The van der Waals surface area contributed by atoms with Gasteiger partial charge in [0.25, 0.3) is 0 Å². The normalized spacial score (nSPS) is 19.4. The lowest BCUT2D eigenvalue weighted by Gasteiger charge is -2.23. The van der Waals surface area contributed by atoms with Crippen molar-refractivity contribution in [3.05, 3.63) is 28.2 Å². The average Bonchev–Trinajstić information content (AvgIpc) is 2.85. The van der Waals surface area contributed by atoms with Crippen molar-refractivity contribution in [2.75, 3.05) is 33.3 Å². The number of ether oxygens (including phenoxy) is 1. The lowest BCUT2D eigenvalue weighted by Crippen LogP contribution is -2.36. The molecule has 1 heterocycles. The number of hydrogen-bond donors (Lipinski definition) is 1. The molecule has 18 heavy (non-hydrogen) atoms. The van der Waals surface area contributed by atoms with E-state index >= 15 is 0 Å². The Bertz CT molecular complexity index is 395. The molecule has 1 aliphatic heterocycles. The van der Waals surface area contributed by atoms with Gasteiger partial charge < -0.3 is 10.1 Å². The Morgan fingerprint density at radius 2 is 2.28 bits per heavy atom. The fraction of sp³-hybridized carbons (Fsp3) is 0.538.